The molecule has 0 rings (SSSR count). The van der Waals surface area contributed by atoms with Gasteiger partial charge in [-0.3, -0.25) is 14.9 Å². The molecule has 0 heterocycles. The molecular weight excluding hydrogens is 186 g/mol. The van der Waals surface area contributed by atoms with Crippen molar-refractivity contribution in [3.05, 3.63) is 10.1 Å². The van der Waals surface area contributed by atoms with E-state index in [2.05, 4.69) is 4.74 Å². The highest BCUT2D eigenvalue weighted by atomic mass is 35.5. The van der Waals surface area contributed by atoms with Crippen LogP contribution in [-0.4, -0.2) is 28.9 Å². The fraction of sp³-hybridized carbons (Fsp3) is 0.833. The van der Waals surface area contributed by atoms with Gasteiger partial charge in [-0.25, -0.2) is 0 Å². The normalized spacial score (nSPS) is 14.9. The molecule has 0 amide bonds. The summed E-state index contributed by atoms with van der Waals surface area (Å²) in [5.74, 6) is -0.629. The van der Waals surface area contributed by atoms with Crippen molar-refractivity contribution in [2.45, 2.75) is 26.0 Å². The first-order valence-electron chi connectivity index (χ1n) is 3.35. The Morgan fingerprint density at radius 1 is 1.75 bits per heavy atom. The molecule has 6 heteroatoms. The molecule has 0 N–H and O–H groups in total. The summed E-state index contributed by atoms with van der Waals surface area (Å²) in [5.41, 5.74) is 0. The van der Waals surface area contributed by atoms with Crippen molar-refractivity contribution in [1.29, 1.82) is 0 Å². The van der Waals surface area contributed by atoms with Crippen LogP contribution in [0.1, 0.15) is 13.8 Å². The van der Waals surface area contributed by atoms with Gasteiger partial charge in [0, 0.05) is 18.8 Å². The van der Waals surface area contributed by atoms with Gasteiger partial charge in [0.1, 0.15) is 0 Å². The zero-order valence-corrected chi connectivity index (χ0v) is 7.58. The van der Waals surface area contributed by atoms with Crippen molar-refractivity contribution in [1.82, 2.24) is 0 Å². The van der Waals surface area contributed by atoms with E-state index < -0.39 is 23.0 Å². The molecule has 12 heavy (non-hydrogen) atoms. The molecule has 0 radical (unpaired) electrons. The van der Waals surface area contributed by atoms with Crippen LogP contribution in [-0.2, 0) is 9.53 Å². The van der Waals surface area contributed by atoms with E-state index in [-0.39, 0.29) is 5.88 Å². The Kier molecular flexibility index (Phi) is 4.58. The summed E-state index contributed by atoms with van der Waals surface area (Å²) < 4.78 is 4.61. The molecule has 0 aliphatic heterocycles. The van der Waals surface area contributed by atoms with Gasteiger partial charge in [-0.05, 0) is 0 Å². The molecule has 0 fully saturated rings. The molecule has 0 saturated heterocycles. The third kappa shape index (κ3) is 3.52. The molecule has 2 atom stereocenters. The summed E-state index contributed by atoms with van der Waals surface area (Å²) in [6.07, 6.45) is -0.848. The van der Waals surface area contributed by atoms with E-state index in [9.17, 15) is 14.9 Å². The maximum Gasteiger partial charge on any atom is 0.303 e. The lowest BCUT2D eigenvalue weighted by molar-refractivity contribution is -0.528. The number of nitrogens with zero attached hydrogens (tertiary/aromatic N) is 1. The number of ether oxygens (including phenoxy) is 1. The molecule has 5 nitrogen and oxygen atoms in total. The molecule has 0 unspecified atom stereocenters. The number of carbonyl (C=O) groups excluding carboxylic acids is 1. The Balaban J connectivity index is 4.14. The van der Waals surface area contributed by atoms with Gasteiger partial charge in [0.2, 0.25) is 6.04 Å². The summed E-state index contributed by atoms with van der Waals surface area (Å²) in [5, 5.41) is 10.2. The minimum absolute atomic E-state index is 0.0677. The van der Waals surface area contributed by atoms with Crippen molar-refractivity contribution in [2.24, 2.45) is 0 Å². The Bertz CT molecular complexity index is 184. The molecule has 0 aromatic rings. The molecule has 0 aliphatic rings. The summed E-state index contributed by atoms with van der Waals surface area (Å²) in [6, 6.07) is -0.966. The highest BCUT2D eigenvalue weighted by Gasteiger charge is 2.28. The maximum absolute atomic E-state index is 10.4. The smallest absolute Gasteiger partial charge is 0.303 e. The minimum atomic E-state index is -0.966. The second-order valence-corrected chi connectivity index (χ2v) is 2.64. The number of hydrogen-bond acceptors (Lipinski definition) is 4. The first kappa shape index (κ1) is 11.2. The molecule has 0 aromatic carbocycles. The molecule has 0 spiro atoms. The number of alkyl halides is 1. The summed E-state index contributed by atoms with van der Waals surface area (Å²) in [4.78, 5) is 20.1. The fourth-order valence-corrected chi connectivity index (χ4v) is 0.929. The van der Waals surface area contributed by atoms with Crippen molar-refractivity contribution >= 4 is 17.6 Å². The quantitative estimate of drug-likeness (QED) is 0.288. The van der Waals surface area contributed by atoms with Crippen LogP contribution in [0.5, 0.6) is 0 Å². The van der Waals surface area contributed by atoms with Crippen LogP contribution >= 0.6 is 11.6 Å². The lowest BCUT2D eigenvalue weighted by Gasteiger charge is -2.14. The van der Waals surface area contributed by atoms with Crippen molar-refractivity contribution < 1.29 is 14.5 Å². The molecule has 0 aromatic heterocycles. The third-order valence-electron chi connectivity index (χ3n) is 1.34. The van der Waals surface area contributed by atoms with E-state index in [0.717, 1.165) is 0 Å². The number of halogens is 1. The first-order chi connectivity index (χ1) is 5.49. The van der Waals surface area contributed by atoms with Gasteiger partial charge in [-0.2, -0.15) is 0 Å². The van der Waals surface area contributed by atoms with Gasteiger partial charge >= 0.3 is 5.97 Å². The van der Waals surface area contributed by atoms with E-state index in [0.29, 0.717) is 0 Å². The third-order valence-corrected chi connectivity index (χ3v) is 1.64. The SMILES string of the molecule is CC(=O)O[C@H](CCl)[C@@H](C)[N+](=O)[O-]. The molecule has 0 saturated carbocycles. The van der Waals surface area contributed by atoms with E-state index in [1.54, 1.807) is 0 Å². The molecular formula is C6H10ClNO4. The zero-order chi connectivity index (χ0) is 9.72. The minimum Gasteiger partial charge on any atom is -0.454 e. The first-order valence-corrected chi connectivity index (χ1v) is 3.89. The van der Waals surface area contributed by atoms with E-state index in [4.69, 9.17) is 11.6 Å². The van der Waals surface area contributed by atoms with Crippen molar-refractivity contribution in [3.8, 4) is 0 Å². The Labute approximate surface area is 74.8 Å². The van der Waals surface area contributed by atoms with Crippen LogP contribution in [0.15, 0.2) is 0 Å². The fourth-order valence-electron chi connectivity index (χ4n) is 0.608. The van der Waals surface area contributed by atoms with Crippen LogP contribution in [0, 0.1) is 10.1 Å². The average Bonchev–Trinajstić information content (AvgIpc) is 1.98. The summed E-state index contributed by atoms with van der Waals surface area (Å²) >= 11 is 5.37. The van der Waals surface area contributed by atoms with Crippen molar-refractivity contribution in [3.63, 3.8) is 0 Å². The van der Waals surface area contributed by atoms with Gasteiger partial charge in [0.15, 0.2) is 6.10 Å². The average molecular weight is 196 g/mol. The number of esters is 1. The predicted octanol–water partition coefficient (Wildman–Crippen LogP) is 0.822. The zero-order valence-electron chi connectivity index (χ0n) is 6.82. The van der Waals surface area contributed by atoms with E-state index in [1.165, 1.54) is 13.8 Å². The van der Waals surface area contributed by atoms with Gasteiger partial charge in [-0.15, -0.1) is 11.6 Å². The van der Waals surface area contributed by atoms with Crippen LogP contribution in [0.25, 0.3) is 0 Å². The Morgan fingerprint density at radius 3 is 2.50 bits per heavy atom. The second-order valence-electron chi connectivity index (χ2n) is 2.33. The van der Waals surface area contributed by atoms with E-state index in [1.807, 2.05) is 0 Å². The summed E-state index contributed by atoms with van der Waals surface area (Å²) in [7, 11) is 0. The lowest BCUT2D eigenvalue weighted by atomic mass is 10.2. The lowest BCUT2D eigenvalue weighted by Crippen LogP contribution is -2.35. The second kappa shape index (κ2) is 4.92. The molecule has 70 valence electrons. The largest absolute Gasteiger partial charge is 0.454 e. The number of nitro groups is 1. The molecule has 0 bridgehead atoms. The maximum atomic E-state index is 10.4. The summed E-state index contributed by atoms with van der Waals surface area (Å²) in [6.45, 7) is 2.53. The topological polar surface area (TPSA) is 69.4 Å². The highest BCUT2D eigenvalue weighted by molar-refractivity contribution is 6.18. The standard InChI is InChI=1S/C6H10ClNO4/c1-4(8(10)11)6(3-7)12-5(2)9/h4,6H,3H2,1-2H3/t4-,6-/m1/s1. The Hall–Kier alpha value is -0.840. The van der Waals surface area contributed by atoms with Crippen LogP contribution in [0.3, 0.4) is 0 Å². The number of hydrogen-bond donors (Lipinski definition) is 0. The van der Waals surface area contributed by atoms with Crippen LogP contribution in [0.2, 0.25) is 0 Å². The van der Waals surface area contributed by atoms with E-state index >= 15 is 0 Å². The van der Waals surface area contributed by atoms with Gasteiger partial charge in [0.05, 0.1) is 5.88 Å². The van der Waals surface area contributed by atoms with Crippen LogP contribution < -0.4 is 0 Å². The van der Waals surface area contributed by atoms with Crippen LogP contribution in [0.4, 0.5) is 0 Å². The Morgan fingerprint density at radius 2 is 2.25 bits per heavy atom. The number of rotatable bonds is 4. The molecule has 0 aliphatic carbocycles. The monoisotopic (exact) mass is 195 g/mol. The van der Waals surface area contributed by atoms with Gasteiger partial charge in [0.25, 0.3) is 0 Å². The van der Waals surface area contributed by atoms with Crippen molar-refractivity contribution in [2.75, 3.05) is 5.88 Å². The predicted molar refractivity (Wildman–Crippen MR) is 42.7 cm³/mol. The van der Waals surface area contributed by atoms with Gasteiger partial charge < -0.3 is 4.74 Å². The number of carbonyl (C=O) groups is 1. The van der Waals surface area contributed by atoms with Gasteiger partial charge in [-0.1, -0.05) is 0 Å². The highest BCUT2D eigenvalue weighted by Crippen LogP contribution is 2.05.